The Morgan fingerprint density at radius 2 is 1.23 bits per heavy atom. The van der Waals surface area contributed by atoms with Crippen LogP contribution in [-0.2, 0) is 0 Å². The fraction of sp³-hybridized carbons (Fsp3) is 0. The molecule has 0 saturated carbocycles. The van der Waals surface area contributed by atoms with Crippen molar-refractivity contribution >= 4 is 11.8 Å². The molecule has 108 valence electrons. The van der Waals surface area contributed by atoms with Crippen LogP contribution in [-0.4, -0.2) is 0 Å². The van der Waals surface area contributed by atoms with Crippen LogP contribution in [0.4, 0.5) is 0 Å². The summed E-state index contributed by atoms with van der Waals surface area (Å²) in [5.41, 5.74) is 2.40. The molecule has 0 bridgehead atoms. The van der Waals surface area contributed by atoms with Crippen molar-refractivity contribution in [3.05, 3.63) is 96.6 Å². The summed E-state index contributed by atoms with van der Waals surface area (Å²) >= 11 is 1.63. The molecule has 0 N–H and O–H groups in total. The van der Waals surface area contributed by atoms with Crippen molar-refractivity contribution in [1.29, 1.82) is 0 Å². The molecule has 0 aliphatic carbocycles. The largest absolute Gasteiger partial charge is 0.464 e. The number of benzene rings is 3. The third-order valence-electron chi connectivity index (χ3n) is 3.17. The van der Waals surface area contributed by atoms with Gasteiger partial charge in [-0.25, -0.2) is 0 Å². The molecule has 0 fully saturated rings. The minimum atomic E-state index is 0.838. The van der Waals surface area contributed by atoms with Gasteiger partial charge in [-0.2, -0.15) is 0 Å². The van der Waals surface area contributed by atoms with Gasteiger partial charge in [-0.05, 0) is 35.4 Å². The normalized spacial score (nSPS) is 10.7. The van der Waals surface area contributed by atoms with E-state index in [9.17, 15) is 0 Å². The number of hydrogen-bond donors (Lipinski definition) is 0. The van der Waals surface area contributed by atoms with E-state index in [2.05, 4.69) is 36.4 Å². The van der Waals surface area contributed by atoms with Crippen LogP contribution in [0.25, 0.3) is 11.1 Å². The first-order valence-electron chi connectivity index (χ1n) is 7.11. The van der Waals surface area contributed by atoms with Gasteiger partial charge in [-0.1, -0.05) is 72.4 Å². The van der Waals surface area contributed by atoms with Crippen LogP contribution < -0.4 is 4.74 Å². The molecule has 0 aliphatic heterocycles. The Morgan fingerprint density at radius 1 is 0.636 bits per heavy atom. The maximum absolute atomic E-state index is 5.62. The lowest BCUT2D eigenvalue weighted by Crippen LogP contribution is -1.82. The standard InChI is InChI=1S/C20H16OS/c1-3-7-17(8-4-1)18-11-13-19(14-12-18)21-15-16-22-20-9-5-2-6-10-20/h1-16H/b16-15+. The van der Waals surface area contributed by atoms with E-state index in [0.29, 0.717) is 0 Å². The maximum atomic E-state index is 5.62. The molecule has 0 saturated heterocycles. The zero-order valence-electron chi connectivity index (χ0n) is 12.1. The van der Waals surface area contributed by atoms with Crippen molar-refractivity contribution in [3.63, 3.8) is 0 Å². The molecule has 0 aliphatic rings. The van der Waals surface area contributed by atoms with Gasteiger partial charge in [0.05, 0.1) is 6.26 Å². The highest BCUT2D eigenvalue weighted by molar-refractivity contribution is 8.02. The fourth-order valence-electron chi connectivity index (χ4n) is 2.07. The van der Waals surface area contributed by atoms with Gasteiger partial charge in [0.2, 0.25) is 0 Å². The average Bonchev–Trinajstić information content (AvgIpc) is 2.61. The van der Waals surface area contributed by atoms with Gasteiger partial charge in [0.1, 0.15) is 5.75 Å². The Labute approximate surface area is 135 Å². The Hall–Kier alpha value is -2.45. The summed E-state index contributed by atoms with van der Waals surface area (Å²) in [4.78, 5) is 1.20. The van der Waals surface area contributed by atoms with Crippen LogP contribution in [0.3, 0.4) is 0 Å². The highest BCUT2D eigenvalue weighted by atomic mass is 32.2. The minimum Gasteiger partial charge on any atom is -0.464 e. The second-order valence-corrected chi connectivity index (χ2v) is 5.69. The predicted molar refractivity (Wildman–Crippen MR) is 93.9 cm³/mol. The second-order valence-electron chi connectivity index (χ2n) is 4.71. The SMILES string of the molecule is C(=C\Sc1ccccc1)/Oc1ccc(-c2ccccc2)cc1. The molecule has 0 amide bonds. The number of hydrogen-bond acceptors (Lipinski definition) is 2. The van der Waals surface area contributed by atoms with Gasteiger partial charge >= 0.3 is 0 Å². The summed E-state index contributed by atoms with van der Waals surface area (Å²) in [6.45, 7) is 0. The maximum Gasteiger partial charge on any atom is 0.126 e. The summed E-state index contributed by atoms with van der Waals surface area (Å²) < 4.78 is 5.62. The third kappa shape index (κ3) is 4.03. The lowest BCUT2D eigenvalue weighted by molar-refractivity contribution is 0.483. The third-order valence-corrected chi connectivity index (χ3v) is 3.96. The molecule has 1 nitrogen and oxygen atoms in total. The minimum absolute atomic E-state index is 0.838. The molecule has 0 radical (unpaired) electrons. The second kappa shape index (κ2) is 7.53. The lowest BCUT2D eigenvalue weighted by Gasteiger charge is -2.03. The van der Waals surface area contributed by atoms with Crippen LogP contribution in [0.5, 0.6) is 5.75 Å². The molecule has 3 aromatic carbocycles. The molecule has 0 spiro atoms. The quantitative estimate of drug-likeness (QED) is 0.422. The average molecular weight is 304 g/mol. The van der Waals surface area contributed by atoms with Gasteiger partial charge in [-0.15, -0.1) is 0 Å². The first-order valence-corrected chi connectivity index (χ1v) is 7.99. The van der Waals surface area contributed by atoms with E-state index in [1.807, 2.05) is 53.9 Å². The van der Waals surface area contributed by atoms with Crippen LogP contribution >= 0.6 is 11.8 Å². The summed E-state index contributed by atoms with van der Waals surface area (Å²) in [6, 6.07) is 28.7. The molecule has 0 aromatic heterocycles. The summed E-state index contributed by atoms with van der Waals surface area (Å²) in [5.74, 6) is 0.838. The predicted octanol–water partition coefficient (Wildman–Crippen LogP) is 6.00. The fourth-order valence-corrected chi connectivity index (χ4v) is 2.65. The van der Waals surface area contributed by atoms with E-state index < -0.39 is 0 Å². The van der Waals surface area contributed by atoms with Crippen LogP contribution in [0.2, 0.25) is 0 Å². The number of ether oxygens (including phenoxy) is 1. The highest BCUT2D eigenvalue weighted by Crippen LogP contribution is 2.23. The van der Waals surface area contributed by atoms with Gasteiger partial charge in [-0.3, -0.25) is 0 Å². The lowest BCUT2D eigenvalue weighted by atomic mass is 10.1. The van der Waals surface area contributed by atoms with E-state index in [1.165, 1.54) is 16.0 Å². The first kappa shape index (κ1) is 14.5. The zero-order chi connectivity index (χ0) is 15.0. The van der Waals surface area contributed by atoms with Gasteiger partial charge in [0.15, 0.2) is 0 Å². The van der Waals surface area contributed by atoms with Gasteiger partial charge < -0.3 is 4.74 Å². The highest BCUT2D eigenvalue weighted by Gasteiger charge is 1.97. The topological polar surface area (TPSA) is 9.23 Å². The molecule has 2 heteroatoms. The Kier molecular flexibility index (Phi) is 4.96. The molecule has 0 unspecified atom stereocenters. The Morgan fingerprint density at radius 3 is 1.91 bits per heavy atom. The van der Waals surface area contributed by atoms with E-state index in [-0.39, 0.29) is 0 Å². The van der Waals surface area contributed by atoms with Crippen molar-refractivity contribution in [3.8, 4) is 16.9 Å². The van der Waals surface area contributed by atoms with Crippen LogP contribution in [0, 0.1) is 0 Å². The van der Waals surface area contributed by atoms with Crippen molar-refractivity contribution in [2.24, 2.45) is 0 Å². The zero-order valence-corrected chi connectivity index (χ0v) is 12.9. The van der Waals surface area contributed by atoms with Gasteiger partial charge in [0.25, 0.3) is 0 Å². The Bertz CT molecular complexity index is 719. The van der Waals surface area contributed by atoms with E-state index >= 15 is 0 Å². The Balaban J connectivity index is 1.57. The van der Waals surface area contributed by atoms with Gasteiger partial charge in [0, 0.05) is 10.3 Å². The van der Waals surface area contributed by atoms with Crippen molar-refractivity contribution in [2.45, 2.75) is 4.90 Å². The van der Waals surface area contributed by atoms with Crippen LogP contribution in [0.1, 0.15) is 0 Å². The molecular weight excluding hydrogens is 288 g/mol. The van der Waals surface area contributed by atoms with E-state index in [0.717, 1.165) is 5.75 Å². The smallest absolute Gasteiger partial charge is 0.126 e. The van der Waals surface area contributed by atoms with Crippen molar-refractivity contribution in [1.82, 2.24) is 0 Å². The monoisotopic (exact) mass is 304 g/mol. The van der Waals surface area contributed by atoms with E-state index in [1.54, 1.807) is 18.0 Å². The molecule has 22 heavy (non-hydrogen) atoms. The summed E-state index contributed by atoms with van der Waals surface area (Å²) in [5, 5.41) is 1.94. The number of rotatable bonds is 5. The number of thioether (sulfide) groups is 1. The summed E-state index contributed by atoms with van der Waals surface area (Å²) in [6.07, 6.45) is 1.72. The van der Waals surface area contributed by atoms with Crippen molar-refractivity contribution in [2.75, 3.05) is 0 Å². The van der Waals surface area contributed by atoms with Crippen LogP contribution in [0.15, 0.2) is 101 Å². The molecule has 0 atom stereocenters. The first-order chi connectivity index (χ1) is 10.9. The molecular formula is C20H16OS. The molecule has 3 rings (SSSR count). The summed E-state index contributed by atoms with van der Waals surface area (Å²) in [7, 11) is 0. The van der Waals surface area contributed by atoms with Crippen molar-refractivity contribution < 1.29 is 4.74 Å². The molecule has 3 aromatic rings. The van der Waals surface area contributed by atoms with E-state index in [4.69, 9.17) is 4.74 Å². The molecule has 0 heterocycles.